The molecule has 104 valence electrons. The zero-order valence-corrected chi connectivity index (χ0v) is 11.5. The molecule has 0 fully saturated rings. The van der Waals surface area contributed by atoms with Gasteiger partial charge >= 0.3 is 0 Å². The van der Waals surface area contributed by atoms with E-state index >= 15 is 0 Å². The van der Waals surface area contributed by atoms with Gasteiger partial charge in [0.2, 0.25) is 0 Å². The van der Waals surface area contributed by atoms with Crippen LogP contribution in [-0.2, 0) is 6.42 Å². The van der Waals surface area contributed by atoms with Crippen LogP contribution in [0.25, 0.3) is 11.1 Å². The average molecular weight is 276 g/mol. The molecule has 3 aromatic carbocycles. The number of phenols is 2. The monoisotopic (exact) mass is 276 g/mol. The first kappa shape index (κ1) is 13.3. The van der Waals surface area contributed by atoms with E-state index in [0.29, 0.717) is 0 Å². The van der Waals surface area contributed by atoms with E-state index < -0.39 is 0 Å². The third-order valence-electron chi connectivity index (χ3n) is 3.50. The molecule has 3 rings (SSSR count). The summed E-state index contributed by atoms with van der Waals surface area (Å²) in [5.41, 5.74) is 4.35. The quantitative estimate of drug-likeness (QED) is 0.746. The number of phenolic OH excluding ortho intramolecular Hbond substituents is 2. The fraction of sp³-hybridized carbons (Fsp3) is 0.0526. The molecule has 0 spiro atoms. The van der Waals surface area contributed by atoms with Crippen LogP contribution in [0.2, 0.25) is 0 Å². The standard InChI is InChI=1S/C19H16O2/c20-17-8-6-15(7-9-17)19-11-10-18(21)13-16(19)12-14-4-2-1-3-5-14/h1-11,13,20-21H,12H2. The summed E-state index contributed by atoms with van der Waals surface area (Å²) in [5.74, 6) is 0.519. The van der Waals surface area contributed by atoms with Gasteiger partial charge in [0.25, 0.3) is 0 Å². The molecule has 2 N–H and O–H groups in total. The Balaban J connectivity index is 2.03. The molecule has 0 aliphatic heterocycles. The molecular weight excluding hydrogens is 260 g/mol. The van der Waals surface area contributed by atoms with Crippen molar-refractivity contribution in [2.45, 2.75) is 6.42 Å². The maximum absolute atomic E-state index is 9.77. The van der Waals surface area contributed by atoms with Crippen molar-refractivity contribution >= 4 is 0 Å². The Morgan fingerprint density at radius 2 is 1.33 bits per heavy atom. The van der Waals surface area contributed by atoms with Gasteiger partial charge < -0.3 is 10.2 Å². The molecular formula is C19H16O2. The van der Waals surface area contributed by atoms with E-state index in [1.807, 2.05) is 36.4 Å². The summed E-state index contributed by atoms with van der Waals surface area (Å²) >= 11 is 0. The second-order valence-corrected chi connectivity index (χ2v) is 5.05. The minimum atomic E-state index is 0.252. The first-order valence-electron chi connectivity index (χ1n) is 6.87. The highest BCUT2D eigenvalue weighted by molar-refractivity contribution is 5.69. The van der Waals surface area contributed by atoms with E-state index in [2.05, 4.69) is 12.1 Å². The molecule has 0 saturated carbocycles. The topological polar surface area (TPSA) is 40.5 Å². The van der Waals surface area contributed by atoms with Crippen molar-refractivity contribution in [3.8, 4) is 22.6 Å². The largest absolute Gasteiger partial charge is 0.508 e. The van der Waals surface area contributed by atoms with Crippen molar-refractivity contribution in [1.29, 1.82) is 0 Å². The maximum Gasteiger partial charge on any atom is 0.115 e. The van der Waals surface area contributed by atoms with Gasteiger partial charge in [-0.25, -0.2) is 0 Å². The first-order valence-corrected chi connectivity index (χ1v) is 6.87. The van der Waals surface area contributed by atoms with E-state index in [9.17, 15) is 10.2 Å². The molecule has 0 saturated heterocycles. The van der Waals surface area contributed by atoms with Gasteiger partial charge in [0.1, 0.15) is 11.5 Å². The summed E-state index contributed by atoms with van der Waals surface area (Å²) in [7, 11) is 0. The number of hydrogen-bond donors (Lipinski definition) is 2. The molecule has 0 aliphatic rings. The van der Waals surface area contributed by atoms with E-state index in [1.165, 1.54) is 5.56 Å². The van der Waals surface area contributed by atoms with Crippen LogP contribution < -0.4 is 0 Å². The minimum Gasteiger partial charge on any atom is -0.508 e. The molecule has 2 nitrogen and oxygen atoms in total. The smallest absolute Gasteiger partial charge is 0.115 e. The van der Waals surface area contributed by atoms with Gasteiger partial charge in [-0.15, -0.1) is 0 Å². The van der Waals surface area contributed by atoms with Crippen LogP contribution in [0.4, 0.5) is 0 Å². The predicted molar refractivity (Wildman–Crippen MR) is 84.5 cm³/mol. The van der Waals surface area contributed by atoms with Crippen molar-refractivity contribution in [2.75, 3.05) is 0 Å². The lowest BCUT2D eigenvalue weighted by atomic mass is 9.94. The second kappa shape index (κ2) is 5.71. The van der Waals surface area contributed by atoms with E-state index in [4.69, 9.17) is 0 Å². The van der Waals surface area contributed by atoms with Gasteiger partial charge in [0.05, 0.1) is 0 Å². The second-order valence-electron chi connectivity index (χ2n) is 5.05. The molecule has 0 amide bonds. The van der Waals surface area contributed by atoms with Crippen LogP contribution in [0.5, 0.6) is 11.5 Å². The Labute approximate surface area is 123 Å². The van der Waals surface area contributed by atoms with Crippen LogP contribution in [0.15, 0.2) is 72.8 Å². The van der Waals surface area contributed by atoms with E-state index in [0.717, 1.165) is 23.1 Å². The highest BCUT2D eigenvalue weighted by Crippen LogP contribution is 2.29. The molecule has 0 unspecified atom stereocenters. The fourth-order valence-corrected chi connectivity index (χ4v) is 2.46. The molecule has 0 radical (unpaired) electrons. The van der Waals surface area contributed by atoms with Crippen LogP contribution in [-0.4, -0.2) is 10.2 Å². The molecule has 0 aliphatic carbocycles. The third kappa shape index (κ3) is 3.06. The predicted octanol–water partition coefficient (Wildman–Crippen LogP) is 4.36. The fourth-order valence-electron chi connectivity index (χ4n) is 2.46. The molecule has 3 aromatic rings. The zero-order valence-electron chi connectivity index (χ0n) is 11.5. The van der Waals surface area contributed by atoms with Crippen LogP contribution in [0.3, 0.4) is 0 Å². The van der Waals surface area contributed by atoms with Crippen LogP contribution in [0, 0.1) is 0 Å². The van der Waals surface area contributed by atoms with Crippen LogP contribution >= 0.6 is 0 Å². The third-order valence-corrected chi connectivity index (χ3v) is 3.50. The summed E-state index contributed by atoms with van der Waals surface area (Å²) in [5, 5.41) is 19.2. The lowest BCUT2D eigenvalue weighted by Gasteiger charge is -2.11. The lowest BCUT2D eigenvalue weighted by molar-refractivity contribution is 0.474. The molecule has 0 heterocycles. The molecule has 0 bridgehead atoms. The number of benzene rings is 3. The van der Waals surface area contributed by atoms with Crippen LogP contribution in [0.1, 0.15) is 11.1 Å². The summed E-state index contributed by atoms with van der Waals surface area (Å²) in [6.45, 7) is 0. The number of rotatable bonds is 3. The number of aromatic hydroxyl groups is 2. The molecule has 0 aromatic heterocycles. The van der Waals surface area contributed by atoms with Gasteiger partial charge in [-0.1, -0.05) is 48.5 Å². The Bertz CT molecular complexity index is 731. The van der Waals surface area contributed by atoms with Crippen molar-refractivity contribution < 1.29 is 10.2 Å². The average Bonchev–Trinajstić information content (AvgIpc) is 2.50. The van der Waals surface area contributed by atoms with Gasteiger partial charge in [-0.3, -0.25) is 0 Å². The van der Waals surface area contributed by atoms with Crippen molar-refractivity contribution in [3.05, 3.63) is 83.9 Å². The van der Waals surface area contributed by atoms with Crippen molar-refractivity contribution in [1.82, 2.24) is 0 Å². The lowest BCUT2D eigenvalue weighted by Crippen LogP contribution is -1.92. The van der Waals surface area contributed by atoms with Gasteiger partial charge in [-0.2, -0.15) is 0 Å². The summed E-state index contributed by atoms with van der Waals surface area (Å²) in [4.78, 5) is 0. The summed E-state index contributed by atoms with van der Waals surface area (Å²) < 4.78 is 0. The normalized spacial score (nSPS) is 10.5. The minimum absolute atomic E-state index is 0.252. The van der Waals surface area contributed by atoms with Gasteiger partial charge in [-0.05, 0) is 52.9 Å². The Morgan fingerprint density at radius 3 is 2.05 bits per heavy atom. The zero-order chi connectivity index (χ0) is 14.7. The highest BCUT2D eigenvalue weighted by atomic mass is 16.3. The Morgan fingerprint density at radius 1 is 0.667 bits per heavy atom. The van der Waals surface area contributed by atoms with Gasteiger partial charge in [0, 0.05) is 0 Å². The van der Waals surface area contributed by atoms with Gasteiger partial charge in [0.15, 0.2) is 0 Å². The Hall–Kier alpha value is -2.74. The number of hydrogen-bond acceptors (Lipinski definition) is 2. The van der Waals surface area contributed by atoms with E-state index in [-0.39, 0.29) is 11.5 Å². The molecule has 0 atom stereocenters. The first-order chi connectivity index (χ1) is 10.2. The van der Waals surface area contributed by atoms with Crippen molar-refractivity contribution in [3.63, 3.8) is 0 Å². The molecule has 21 heavy (non-hydrogen) atoms. The summed E-state index contributed by atoms with van der Waals surface area (Å²) in [6.07, 6.45) is 0.755. The van der Waals surface area contributed by atoms with Crippen molar-refractivity contribution in [2.24, 2.45) is 0 Å². The summed E-state index contributed by atoms with van der Waals surface area (Å²) in [6, 6.07) is 22.7. The van der Waals surface area contributed by atoms with E-state index in [1.54, 1.807) is 24.3 Å². The maximum atomic E-state index is 9.77. The SMILES string of the molecule is Oc1ccc(-c2ccc(O)cc2Cc2ccccc2)cc1. The molecule has 2 heteroatoms. The highest BCUT2D eigenvalue weighted by Gasteiger charge is 2.07. The Kier molecular flexibility index (Phi) is 3.61.